The Morgan fingerprint density at radius 2 is 1.71 bits per heavy atom. The highest BCUT2D eigenvalue weighted by atomic mass is 32.1. The second-order valence-electron chi connectivity index (χ2n) is 8.19. The first-order valence-electron chi connectivity index (χ1n) is 10.8. The van der Waals surface area contributed by atoms with Crippen LogP contribution in [0.4, 0.5) is 28.0 Å². The number of hydrogen-bond donors (Lipinski definition) is 1. The number of halogens is 4. The molecule has 186 valence electrons. The van der Waals surface area contributed by atoms with Gasteiger partial charge in [0.2, 0.25) is 5.91 Å². The van der Waals surface area contributed by atoms with Gasteiger partial charge in [0.25, 0.3) is 0 Å². The molecule has 35 heavy (non-hydrogen) atoms. The summed E-state index contributed by atoms with van der Waals surface area (Å²) in [6.07, 6.45) is -4.54. The maximum Gasteiger partial charge on any atom is 0.416 e. The number of carbonyl (C=O) groups is 2. The van der Waals surface area contributed by atoms with Crippen molar-refractivity contribution in [3.05, 3.63) is 87.9 Å². The number of carbonyl (C=O) groups excluding carboxylic acids is 2. The number of amides is 3. The Labute approximate surface area is 205 Å². The van der Waals surface area contributed by atoms with Gasteiger partial charge in [-0.25, -0.2) is 9.18 Å². The van der Waals surface area contributed by atoms with Crippen LogP contribution < -0.4 is 5.32 Å². The second kappa shape index (κ2) is 11.4. The molecule has 0 saturated heterocycles. The predicted octanol–water partition coefficient (Wildman–Crippen LogP) is 6.38. The summed E-state index contributed by atoms with van der Waals surface area (Å²) in [4.78, 5) is 29.9. The molecule has 0 fully saturated rings. The standard InChI is InChI=1S/C25H25F4N3O2S/c1-17(2)32(24(34)30-21-6-3-5-19(13-21)25(27,28)29)16-23(33)31(15-22-7-4-12-35-22)14-18-8-10-20(26)11-9-18/h3-13,17H,14-16H2,1-2H3,(H,30,34). The lowest BCUT2D eigenvalue weighted by Crippen LogP contribution is -2.47. The molecule has 0 bridgehead atoms. The molecule has 10 heteroatoms. The van der Waals surface area contributed by atoms with Crippen molar-refractivity contribution in [1.29, 1.82) is 0 Å². The average Bonchev–Trinajstić information content (AvgIpc) is 3.31. The highest BCUT2D eigenvalue weighted by Gasteiger charge is 2.31. The topological polar surface area (TPSA) is 52.7 Å². The highest BCUT2D eigenvalue weighted by Crippen LogP contribution is 2.30. The molecule has 1 N–H and O–H groups in total. The molecule has 0 unspecified atom stereocenters. The van der Waals surface area contributed by atoms with E-state index in [1.165, 1.54) is 40.5 Å². The van der Waals surface area contributed by atoms with Gasteiger partial charge in [-0.3, -0.25) is 4.79 Å². The molecule has 2 aromatic carbocycles. The van der Waals surface area contributed by atoms with E-state index in [0.29, 0.717) is 6.54 Å². The fraction of sp³-hybridized carbons (Fsp3) is 0.280. The van der Waals surface area contributed by atoms with E-state index in [4.69, 9.17) is 0 Å². The zero-order chi connectivity index (χ0) is 25.6. The number of nitrogens with zero attached hydrogens (tertiary/aromatic N) is 2. The summed E-state index contributed by atoms with van der Waals surface area (Å²) in [5.41, 5.74) is -0.186. The van der Waals surface area contributed by atoms with Crippen LogP contribution in [0.5, 0.6) is 0 Å². The van der Waals surface area contributed by atoms with E-state index in [1.807, 2.05) is 17.5 Å². The molecule has 0 radical (unpaired) electrons. The van der Waals surface area contributed by atoms with E-state index >= 15 is 0 Å². The van der Waals surface area contributed by atoms with Crippen molar-refractivity contribution >= 4 is 29.0 Å². The number of nitrogens with one attached hydrogen (secondary N) is 1. The number of rotatable bonds is 8. The molecular formula is C25H25F4N3O2S. The minimum Gasteiger partial charge on any atom is -0.332 e. The Morgan fingerprint density at radius 1 is 1.00 bits per heavy atom. The van der Waals surface area contributed by atoms with Crippen molar-refractivity contribution < 1.29 is 27.2 Å². The van der Waals surface area contributed by atoms with Crippen molar-refractivity contribution in [3.63, 3.8) is 0 Å². The number of urea groups is 1. The molecule has 3 amide bonds. The van der Waals surface area contributed by atoms with Crippen LogP contribution in [0, 0.1) is 5.82 Å². The predicted molar refractivity (Wildman–Crippen MR) is 127 cm³/mol. The van der Waals surface area contributed by atoms with Crippen LogP contribution in [-0.4, -0.2) is 34.3 Å². The van der Waals surface area contributed by atoms with Crippen molar-refractivity contribution in [2.24, 2.45) is 0 Å². The maximum absolute atomic E-state index is 13.3. The molecule has 3 aromatic rings. The normalized spacial score (nSPS) is 11.4. The summed E-state index contributed by atoms with van der Waals surface area (Å²) in [7, 11) is 0. The monoisotopic (exact) mass is 507 g/mol. The van der Waals surface area contributed by atoms with Crippen LogP contribution in [0.3, 0.4) is 0 Å². The Morgan fingerprint density at radius 3 is 2.31 bits per heavy atom. The third-order valence-electron chi connectivity index (χ3n) is 5.20. The van der Waals surface area contributed by atoms with Gasteiger partial charge in [-0.05, 0) is 61.2 Å². The summed E-state index contributed by atoms with van der Waals surface area (Å²) in [5, 5.41) is 4.35. The molecule has 0 atom stereocenters. The second-order valence-corrected chi connectivity index (χ2v) is 9.22. The lowest BCUT2D eigenvalue weighted by Gasteiger charge is -2.30. The van der Waals surface area contributed by atoms with Gasteiger partial charge in [-0.2, -0.15) is 13.2 Å². The molecular weight excluding hydrogens is 482 g/mol. The van der Waals surface area contributed by atoms with Crippen LogP contribution in [0.2, 0.25) is 0 Å². The van der Waals surface area contributed by atoms with Gasteiger partial charge in [0.05, 0.1) is 12.1 Å². The molecule has 0 aliphatic heterocycles. The van der Waals surface area contributed by atoms with Crippen LogP contribution in [0.15, 0.2) is 66.0 Å². The number of benzene rings is 2. The summed E-state index contributed by atoms with van der Waals surface area (Å²) in [5.74, 6) is -0.738. The van der Waals surface area contributed by atoms with Crippen molar-refractivity contribution in [1.82, 2.24) is 9.80 Å². The van der Waals surface area contributed by atoms with Gasteiger partial charge in [0.15, 0.2) is 0 Å². The number of hydrogen-bond acceptors (Lipinski definition) is 3. The first-order valence-corrected chi connectivity index (χ1v) is 11.7. The maximum atomic E-state index is 13.3. The largest absolute Gasteiger partial charge is 0.416 e. The van der Waals surface area contributed by atoms with E-state index in [-0.39, 0.29) is 30.5 Å². The van der Waals surface area contributed by atoms with Crippen LogP contribution in [0.25, 0.3) is 0 Å². The molecule has 1 aromatic heterocycles. The zero-order valence-electron chi connectivity index (χ0n) is 19.2. The van der Waals surface area contributed by atoms with E-state index in [2.05, 4.69) is 5.32 Å². The molecule has 0 saturated carbocycles. The molecule has 1 heterocycles. The number of alkyl halides is 3. The smallest absolute Gasteiger partial charge is 0.332 e. The van der Waals surface area contributed by atoms with Gasteiger partial charge in [0.1, 0.15) is 12.4 Å². The summed E-state index contributed by atoms with van der Waals surface area (Å²) < 4.78 is 52.4. The lowest BCUT2D eigenvalue weighted by atomic mass is 10.2. The molecule has 0 aliphatic carbocycles. The van der Waals surface area contributed by atoms with E-state index in [9.17, 15) is 27.2 Å². The highest BCUT2D eigenvalue weighted by molar-refractivity contribution is 7.09. The lowest BCUT2D eigenvalue weighted by molar-refractivity contribution is -0.137. The molecule has 5 nitrogen and oxygen atoms in total. The van der Waals surface area contributed by atoms with E-state index in [0.717, 1.165) is 22.6 Å². The van der Waals surface area contributed by atoms with Crippen LogP contribution in [0.1, 0.15) is 29.9 Å². The summed E-state index contributed by atoms with van der Waals surface area (Å²) >= 11 is 1.48. The fourth-order valence-electron chi connectivity index (χ4n) is 3.34. The number of thiophene rings is 1. The molecule has 3 rings (SSSR count). The molecule has 0 aliphatic rings. The summed E-state index contributed by atoms with van der Waals surface area (Å²) in [6, 6.07) is 12.8. The zero-order valence-corrected chi connectivity index (χ0v) is 20.0. The third kappa shape index (κ3) is 7.54. The number of anilines is 1. The van der Waals surface area contributed by atoms with Crippen LogP contribution in [-0.2, 0) is 24.1 Å². The molecule has 0 spiro atoms. The minimum atomic E-state index is -4.54. The minimum absolute atomic E-state index is 0.0234. The van der Waals surface area contributed by atoms with Crippen molar-refractivity contribution in [2.45, 2.75) is 39.2 Å². The van der Waals surface area contributed by atoms with E-state index in [1.54, 1.807) is 30.9 Å². The van der Waals surface area contributed by atoms with Crippen LogP contribution >= 0.6 is 11.3 Å². The first-order chi connectivity index (χ1) is 16.5. The SMILES string of the molecule is CC(C)N(CC(=O)N(Cc1ccc(F)cc1)Cc1cccs1)C(=O)Nc1cccc(C(F)(F)F)c1. The Kier molecular flexibility index (Phi) is 8.50. The van der Waals surface area contributed by atoms with Crippen molar-refractivity contribution in [3.8, 4) is 0 Å². The fourth-order valence-corrected chi connectivity index (χ4v) is 4.06. The van der Waals surface area contributed by atoms with E-state index < -0.39 is 23.8 Å². The Hall–Kier alpha value is -3.40. The third-order valence-corrected chi connectivity index (χ3v) is 6.06. The Balaban J connectivity index is 1.76. The van der Waals surface area contributed by atoms with Gasteiger partial charge in [-0.15, -0.1) is 11.3 Å². The quantitative estimate of drug-likeness (QED) is 0.360. The van der Waals surface area contributed by atoms with Crippen molar-refractivity contribution in [2.75, 3.05) is 11.9 Å². The average molecular weight is 508 g/mol. The van der Waals surface area contributed by atoms with Gasteiger partial charge < -0.3 is 15.1 Å². The van der Waals surface area contributed by atoms with Gasteiger partial charge in [-0.1, -0.05) is 24.3 Å². The summed E-state index contributed by atoms with van der Waals surface area (Å²) in [6.45, 7) is 3.65. The Bertz CT molecular complexity index is 1130. The van der Waals surface area contributed by atoms with Gasteiger partial charge in [0, 0.05) is 23.2 Å². The first kappa shape index (κ1) is 26.2. The van der Waals surface area contributed by atoms with Gasteiger partial charge >= 0.3 is 12.2 Å².